The molecule has 0 bridgehead atoms. The Bertz CT molecular complexity index is 633. The van der Waals surface area contributed by atoms with Gasteiger partial charge in [-0.15, -0.1) is 0 Å². The van der Waals surface area contributed by atoms with E-state index in [0.29, 0.717) is 11.7 Å². The molecule has 3 rings (SSSR count). The minimum absolute atomic E-state index is 0.138. The van der Waals surface area contributed by atoms with Crippen molar-refractivity contribution >= 4 is 5.95 Å². The molecule has 3 heterocycles. The molecular formula is C15H21N5O. The lowest BCUT2D eigenvalue weighted by atomic mass is 9.82. The summed E-state index contributed by atoms with van der Waals surface area (Å²) in [7, 11) is 0. The van der Waals surface area contributed by atoms with Crippen molar-refractivity contribution in [2.24, 2.45) is 0 Å². The van der Waals surface area contributed by atoms with Crippen LogP contribution in [0.15, 0.2) is 10.6 Å². The maximum absolute atomic E-state index is 5.41. The maximum atomic E-state index is 5.41. The van der Waals surface area contributed by atoms with E-state index in [1.165, 1.54) is 0 Å². The monoisotopic (exact) mass is 287 g/mol. The number of anilines is 1. The summed E-state index contributed by atoms with van der Waals surface area (Å²) in [5.74, 6) is 2.20. The van der Waals surface area contributed by atoms with Crippen molar-refractivity contribution in [3.8, 4) is 0 Å². The number of aryl methyl sites for hydroxylation is 3. The molecule has 6 nitrogen and oxygen atoms in total. The van der Waals surface area contributed by atoms with Crippen molar-refractivity contribution in [1.29, 1.82) is 0 Å². The second-order valence-corrected chi connectivity index (χ2v) is 6.18. The second-order valence-electron chi connectivity index (χ2n) is 6.18. The van der Waals surface area contributed by atoms with E-state index in [-0.39, 0.29) is 5.41 Å². The van der Waals surface area contributed by atoms with Gasteiger partial charge >= 0.3 is 0 Å². The highest BCUT2D eigenvalue weighted by Crippen LogP contribution is 2.33. The molecule has 2 aromatic rings. The predicted molar refractivity (Wildman–Crippen MR) is 79.3 cm³/mol. The Hall–Kier alpha value is -1.98. The normalized spacial score (nSPS) is 22.6. The molecule has 21 heavy (non-hydrogen) atoms. The summed E-state index contributed by atoms with van der Waals surface area (Å²) >= 11 is 0. The fourth-order valence-corrected chi connectivity index (χ4v) is 2.98. The van der Waals surface area contributed by atoms with Gasteiger partial charge in [0, 0.05) is 24.5 Å². The summed E-state index contributed by atoms with van der Waals surface area (Å²) in [5.41, 5.74) is 1.86. The molecule has 0 amide bonds. The Balaban J connectivity index is 1.88. The predicted octanol–water partition coefficient (Wildman–Crippen LogP) is 2.34. The van der Waals surface area contributed by atoms with Crippen LogP contribution in [0.2, 0.25) is 0 Å². The molecule has 0 aromatic carbocycles. The highest BCUT2D eigenvalue weighted by Gasteiger charge is 2.38. The van der Waals surface area contributed by atoms with E-state index in [0.717, 1.165) is 43.3 Å². The van der Waals surface area contributed by atoms with Crippen LogP contribution in [0.5, 0.6) is 0 Å². The van der Waals surface area contributed by atoms with E-state index < -0.39 is 0 Å². The van der Waals surface area contributed by atoms with Crippen LogP contribution in [-0.2, 0) is 5.41 Å². The Labute approximate surface area is 124 Å². The molecule has 0 N–H and O–H groups in total. The van der Waals surface area contributed by atoms with Gasteiger partial charge in [0.2, 0.25) is 11.8 Å². The molecule has 6 heteroatoms. The van der Waals surface area contributed by atoms with Crippen molar-refractivity contribution in [3.05, 3.63) is 29.2 Å². The molecule has 0 spiro atoms. The summed E-state index contributed by atoms with van der Waals surface area (Å²) in [5, 5.41) is 3.93. The lowest BCUT2D eigenvalue weighted by Crippen LogP contribution is -2.45. The first-order chi connectivity index (χ1) is 9.96. The molecule has 112 valence electrons. The molecule has 0 aliphatic carbocycles. The van der Waals surface area contributed by atoms with E-state index >= 15 is 0 Å². The van der Waals surface area contributed by atoms with Crippen molar-refractivity contribution in [3.63, 3.8) is 0 Å². The zero-order chi connectivity index (χ0) is 15.0. The topological polar surface area (TPSA) is 67.9 Å². The highest BCUT2D eigenvalue weighted by molar-refractivity contribution is 5.35. The molecule has 1 atom stereocenters. The third-order valence-corrected chi connectivity index (χ3v) is 3.99. The number of piperidine rings is 1. The van der Waals surface area contributed by atoms with Crippen molar-refractivity contribution in [2.75, 3.05) is 18.0 Å². The maximum Gasteiger partial charge on any atom is 0.234 e. The van der Waals surface area contributed by atoms with Crippen LogP contribution in [0, 0.1) is 20.8 Å². The zero-order valence-electron chi connectivity index (χ0n) is 13.1. The number of rotatable bonds is 2. The van der Waals surface area contributed by atoms with Gasteiger partial charge in [-0.2, -0.15) is 4.98 Å². The van der Waals surface area contributed by atoms with Crippen LogP contribution in [0.3, 0.4) is 0 Å². The van der Waals surface area contributed by atoms with Crippen molar-refractivity contribution in [1.82, 2.24) is 20.1 Å². The molecule has 0 radical (unpaired) electrons. The molecule has 1 saturated heterocycles. The number of hydrogen-bond acceptors (Lipinski definition) is 6. The summed E-state index contributed by atoms with van der Waals surface area (Å²) in [6.07, 6.45) is 2.10. The first kappa shape index (κ1) is 14.0. The van der Waals surface area contributed by atoms with E-state index in [2.05, 4.69) is 31.9 Å². The zero-order valence-corrected chi connectivity index (χ0v) is 13.1. The molecular weight excluding hydrogens is 266 g/mol. The lowest BCUT2D eigenvalue weighted by Gasteiger charge is -2.38. The fraction of sp³-hybridized carbons (Fsp3) is 0.600. The number of nitrogens with zero attached hydrogens (tertiary/aromatic N) is 5. The van der Waals surface area contributed by atoms with E-state index in [9.17, 15) is 0 Å². The van der Waals surface area contributed by atoms with Crippen LogP contribution in [0.4, 0.5) is 5.95 Å². The summed E-state index contributed by atoms with van der Waals surface area (Å²) in [4.78, 5) is 15.8. The Kier molecular flexibility index (Phi) is 3.39. The largest absolute Gasteiger partial charge is 0.340 e. The number of aromatic nitrogens is 4. The van der Waals surface area contributed by atoms with Gasteiger partial charge in [-0.05, 0) is 46.6 Å². The van der Waals surface area contributed by atoms with Gasteiger partial charge in [0.1, 0.15) is 0 Å². The van der Waals surface area contributed by atoms with Gasteiger partial charge in [0.15, 0.2) is 5.82 Å². The van der Waals surface area contributed by atoms with Crippen LogP contribution in [0.25, 0.3) is 0 Å². The third kappa shape index (κ3) is 2.75. The van der Waals surface area contributed by atoms with E-state index in [1.807, 2.05) is 26.8 Å². The minimum atomic E-state index is -0.138. The third-order valence-electron chi connectivity index (χ3n) is 3.99. The van der Waals surface area contributed by atoms with Gasteiger partial charge in [0.25, 0.3) is 0 Å². The quantitative estimate of drug-likeness (QED) is 0.844. The minimum Gasteiger partial charge on any atom is -0.340 e. The van der Waals surface area contributed by atoms with Crippen molar-refractivity contribution < 1.29 is 4.52 Å². The standard InChI is InChI=1S/C15H21N5O/c1-10-8-11(2)17-14(16-10)20-7-5-6-15(4,9-20)13-18-12(3)19-21-13/h8H,5-7,9H2,1-4H3. The first-order valence-corrected chi connectivity index (χ1v) is 7.34. The van der Waals surface area contributed by atoms with Crippen LogP contribution >= 0.6 is 0 Å². The average molecular weight is 287 g/mol. The summed E-state index contributed by atoms with van der Waals surface area (Å²) in [6, 6.07) is 1.99. The molecule has 0 saturated carbocycles. The van der Waals surface area contributed by atoms with Crippen LogP contribution in [-0.4, -0.2) is 33.2 Å². The average Bonchev–Trinajstić information content (AvgIpc) is 2.85. The fourth-order valence-electron chi connectivity index (χ4n) is 2.98. The van der Waals surface area contributed by atoms with E-state index in [1.54, 1.807) is 0 Å². The SMILES string of the molecule is Cc1cc(C)nc(N2CCCC(C)(c3nc(C)no3)C2)n1. The molecule has 1 unspecified atom stereocenters. The lowest BCUT2D eigenvalue weighted by molar-refractivity contribution is 0.259. The van der Waals surface area contributed by atoms with E-state index in [4.69, 9.17) is 4.52 Å². The van der Waals surface area contributed by atoms with Gasteiger partial charge in [-0.1, -0.05) is 5.16 Å². The molecule has 2 aromatic heterocycles. The Morgan fingerprint density at radius 2 is 1.86 bits per heavy atom. The Morgan fingerprint density at radius 1 is 1.14 bits per heavy atom. The second kappa shape index (κ2) is 5.09. The molecule has 1 aliphatic rings. The van der Waals surface area contributed by atoms with Gasteiger partial charge in [-0.25, -0.2) is 9.97 Å². The first-order valence-electron chi connectivity index (χ1n) is 7.34. The van der Waals surface area contributed by atoms with Crippen LogP contribution < -0.4 is 4.90 Å². The Morgan fingerprint density at radius 3 is 2.48 bits per heavy atom. The highest BCUT2D eigenvalue weighted by atomic mass is 16.5. The molecule has 1 fully saturated rings. The van der Waals surface area contributed by atoms with Gasteiger partial charge in [-0.3, -0.25) is 0 Å². The van der Waals surface area contributed by atoms with Gasteiger partial charge < -0.3 is 9.42 Å². The summed E-state index contributed by atoms with van der Waals surface area (Å²) in [6.45, 7) is 9.80. The van der Waals surface area contributed by atoms with Gasteiger partial charge in [0.05, 0.1) is 5.41 Å². The van der Waals surface area contributed by atoms with Crippen LogP contribution in [0.1, 0.15) is 42.9 Å². The molecule has 1 aliphatic heterocycles. The smallest absolute Gasteiger partial charge is 0.234 e. The summed E-state index contributed by atoms with van der Waals surface area (Å²) < 4.78 is 5.41. The van der Waals surface area contributed by atoms with Crippen molar-refractivity contribution in [2.45, 2.75) is 46.0 Å². The number of hydrogen-bond donors (Lipinski definition) is 0.